The lowest BCUT2D eigenvalue weighted by Crippen LogP contribution is -2.41. The van der Waals surface area contributed by atoms with Crippen LogP contribution in [0.2, 0.25) is 0 Å². The van der Waals surface area contributed by atoms with E-state index in [1.807, 2.05) is 39.8 Å². The Labute approximate surface area is 129 Å². The molecule has 0 fully saturated rings. The Hall–Kier alpha value is -2.30. The molecule has 2 rings (SSSR count). The van der Waals surface area contributed by atoms with E-state index in [1.54, 1.807) is 6.07 Å². The topological polar surface area (TPSA) is 79.5 Å². The summed E-state index contributed by atoms with van der Waals surface area (Å²) < 4.78 is 5.55. The molecule has 5 nitrogen and oxygen atoms in total. The average Bonchev–Trinajstić information content (AvgIpc) is 2.80. The molecule has 0 radical (unpaired) electrons. The fourth-order valence-corrected chi connectivity index (χ4v) is 2.34. The molecular weight excluding hydrogens is 282 g/mol. The van der Waals surface area contributed by atoms with E-state index in [0.29, 0.717) is 12.0 Å². The maximum atomic E-state index is 12.2. The van der Waals surface area contributed by atoms with Gasteiger partial charge in [-0.15, -0.1) is 0 Å². The van der Waals surface area contributed by atoms with Crippen molar-refractivity contribution in [1.29, 1.82) is 0 Å². The zero-order valence-electron chi connectivity index (χ0n) is 13.3. The summed E-state index contributed by atoms with van der Waals surface area (Å²) in [6, 6.07) is 4.56. The summed E-state index contributed by atoms with van der Waals surface area (Å²) in [5.74, 6) is -1.23. The highest BCUT2D eigenvalue weighted by molar-refractivity contribution is 5.98. The van der Waals surface area contributed by atoms with Crippen LogP contribution in [-0.4, -0.2) is 23.0 Å². The monoisotopic (exact) mass is 303 g/mol. The van der Waals surface area contributed by atoms with E-state index in [-0.39, 0.29) is 11.7 Å². The molecular formula is C17H21NO4. The lowest BCUT2D eigenvalue weighted by Gasteiger charge is -2.15. The minimum absolute atomic E-state index is 0.134. The Balaban J connectivity index is 2.23. The lowest BCUT2D eigenvalue weighted by atomic mass is 10.0. The van der Waals surface area contributed by atoms with Gasteiger partial charge in [0.1, 0.15) is 11.6 Å². The van der Waals surface area contributed by atoms with Crippen LogP contribution < -0.4 is 5.32 Å². The normalized spacial score (nSPS) is 12.6. The first kappa shape index (κ1) is 16.1. The molecule has 5 heteroatoms. The first-order valence-corrected chi connectivity index (χ1v) is 7.32. The Morgan fingerprint density at radius 1 is 1.18 bits per heavy atom. The van der Waals surface area contributed by atoms with Gasteiger partial charge in [-0.25, -0.2) is 4.79 Å². The molecule has 1 aromatic carbocycles. The number of rotatable bonds is 5. The first-order chi connectivity index (χ1) is 10.3. The standard InChI is InChI=1S/C17H21NO4/c1-9(2)5-13(17(20)21)18-16(19)15-8-12-6-10(3)11(4)7-14(12)22-15/h6-9,13H,5H2,1-4H3,(H,18,19)(H,20,21)/t13-/m1/s1. The van der Waals surface area contributed by atoms with Gasteiger partial charge in [-0.3, -0.25) is 4.79 Å². The molecule has 118 valence electrons. The molecule has 1 atom stereocenters. The first-order valence-electron chi connectivity index (χ1n) is 7.32. The fraction of sp³-hybridized carbons (Fsp3) is 0.412. The summed E-state index contributed by atoms with van der Waals surface area (Å²) >= 11 is 0. The number of carboxylic acid groups (broad SMARTS) is 1. The predicted octanol–water partition coefficient (Wildman–Crippen LogP) is 3.28. The Bertz CT molecular complexity index is 676. The number of furan rings is 1. The molecule has 1 heterocycles. The molecule has 1 aromatic heterocycles. The van der Waals surface area contributed by atoms with Crippen LogP contribution in [0.1, 0.15) is 41.9 Å². The SMILES string of the molecule is Cc1cc2cc(C(=O)N[C@H](CC(C)C)C(=O)O)oc2cc1C. The van der Waals surface area contributed by atoms with E-state index < -0.39 is 17.9 Å². The number of fused-ring (bicyclic) bond motifs is 1. The summed E-state index contributed by atoms with van der Waals surface area (Å²) in [7, 11) is 0. The minimum atomic E-state index is -1.04. The number of hydrogen-bond acceptors (Lipinski definition) is 3. The number of amides is 1. The molecule has 2 aromatic rings. The molecule has 0 unspecified atom stereocenters. The third-order valence-corrected chi connectivity index (χ3v) is 3.67. The Morgan fingerprint density at radius 3 is 2.41 bits per heavy atom. The molecule has 22 heavy (non-hydrogen) atoms. The molecule has 0 aliphatic heterocycles. The number of carbonyl (C=O) groups excluding carboxylic acids is 1. The largest absolute Gasteiger partial charge is 0.480 e. The van der Waals surface area contributed by atoms with Crippen LogP contribution >= 0.6 is 0 Å². The summed E-state index contributed by atoms with van der Waals surface area (Å²) in [4.78, 5) is 23.4. The zero-order chi connectivity index (χ0) is 16.4. The zero-order valence-corrected chi connectivity index (χ0v) is 13.3. The van der Waals surface area contributed by atoms with Gasteiger partial charge in [0.2, 0.25) is 0 Å². The van der Waals surface area contributed by atoms with Gasteiger partial charge in [0, 0.05) is 5.39 Å². The number of aliphatic carboxylic acids is 1. The number of carbonyl (C=O) groups is 2. The van der Waals surface area contributed by atoms with Crippen LogP contribution in [-0.2, 0) is 4.79 Å². The highest BCUT2D eigenvalue weighted by Crippen LogP contribution is 2.23. The average molecular weight is 303 g/mol. The molecule has 0 aliphatic carbocycles. The molecule has 1 amide bonds. The van der Waals surface area contributed by atoms with Crippen molar-refractivity contribution in [3.8, 4) is 0 Å². The van der Waals surface area contributed by atoms with Crippen molar-refractivity contribution in [2.45, 2.75) is 40.2 Å². The highest BCUT2D eigenvalue weighted by atomic mass is 16.4. The second-order valence-electron chi connectivity index (χ2n) is 6.08. The smallest absolute Gasteiger partial charge is 0.326 e. The van der Waals surface area contributed by atoms with Crippen LogP contribution in [0.3, 0.4) is 0 Å². The second kappa shape index (κ2) is 6.22. The van der Waals surface area contributed by atoms with Gasteiger partial charge in [0.15, 0.2) is 5.76 Å². The third-order valence-electron chi connectivity index (χ3n) is 3.67. The van der Waals surface area contributed by atoms with Gasteiger partial charge < -0.3 is 14.8 Å². The van der Waals surface area contributed by atoms with Crippen molar-refractivity contribution >= 4 is 22.8 Å². The number of hydrogen-bond donors (Lipinski definition) is 2. The number of nitrogens with one attached hydrogen (secondary N) is 1. The summed E-state index contributed by atoms with van der Waals surface area (Å²) in [6.45, 7) is 7.79. The quantitative estimate of drug-likeness (QED) is 0.888. The Morgan fingerprint density at radius 2 is 1.82 bits per heavy atom. The van der Waals surface area contributed by atoms with E-state index in [1.165, 1.54) is 0 Å². The molecule has 0 saturated carbocycles. The number of carboxylic acids is 1. The van der Waals surface area contributed by atoms with Gasteiger partial charge in [-0.1, -0.05) is 13.8 Å². The van der Waals surface area contributed by atoms with Crippen molar-refractivity contribution < 1.29 is 19.1 Å². The molecule has 2 N–H and O–H groups in total. The molecule has 0 spiro atoms. The number of aryl methyl sites for hydroxylation is 2. The van der Waals surface area contributed by atoms with Crippen molar-refractivity contribution in [3.63, 3.8) is 0 Å². The van der Waals surface area contributed by atoms with Gasteiger partial charge >= 0.3 is 5.97 Å². The molecule has 0 saturated heterocycles. The van der Waals surface area contributed by atoms with E-state index in [9.17, 15) is 14.7 Å². The minimum Gasteiger partial charge on any atom is -0.480 e. The van der Waals surface area contributed by atoms with Crippen LogP contribution in [0.15, 0.2) is 22.6 Å². The molecule has 0 aliphatic rings. The van der Waals surface area contributed by atoms with Crippen LogP contribution in [0.5, 0.6) is 0 Å². The van der Waals surface area contributed by atoms with E-state index in [0.717, 1.165) is 16.5 Å². The Kier molecular flexibility index (Phi) is 4.54. The van der Waals surface area contributed by atoms with Crippen LogP contribution in [0, 0.1) is 19.8 Å². The maximum absolute atomic E-state index is 12.2. The third kappa shape index (κ3) is 3.47. The van der Waals surface area contributed by atoms with Crippen molar-refractivity contribution in [1.82, 2.24) is 5.32 Å². The number of benzene rings is 1. The van der Waals surface area contributed by atoms with Gasteiger partial charge in [-0.2, -0.15) is 0 Å². The maximum Gasteiger partial charge on any atom is 0.326 e. The van der Waals surface area contributed by atoms with E-state index in [2.05, 4.69) is 5.32 Å². The lowest BCUT2D eigenvalue weighted by molar-refractivity contribution is -0.139. The van der Waals surface area contributed by atoms with Crippen molar-refractivity contribution in [2.24, 2.45) is 5.92 Å². The van der Waals surface area contributed by atoms with Crippen LogP contribution in [0.25, 0.3) is 11.0 Å². The van der Waals surface area contributed by atoms with Crippen molar-refractivity contribution in [3.05, 3.63) is 35.1 Å². The summed E-state index contributed by atoms with van der Waals surface area (Å²) in [5, 5.41) is 12.5. The summed E-state index contributed by atoms with van der Waals surface area (Å²) in [6.07, 6.45) is 0.375. The van der Waals surface area contributed by atoms with Gasteiger partial charge in [-0.05, 0) is 55.5 Å². The summed E-state index contributed by atoms with van der Waals surface area (Å²) in [5.41, 5.74) is 2.82. The molecule has 0 bridgehead atoms. The van der Waals surface area contributed by atoms with Gasteiger partial charge in [0.25, 0.3) is 5.91 Å². The second-order valence-corrected chi connectivity index (χ2v) is 6.08. The van der Waals surface area contributed by atoms with E-state index in [4.69, 9.17) is 4.42 Å². The van der Waals surface area contributed by atoms with Gasteiger partial charge in [0.05, 0.1) is 0 Å². The van der Waals surface area contributed by atoms with Crippen molar-refractivity contribution in [2.75, 3.05) is 0 Å². The predicted molar refractivity (Wildman–Crippen MR) is 84.0 cm³/mol. The highest BCUT2D eigenvalue weighted by Gasteiger charge is 2.23. The van der Waals surface area contributed by atoms with Crippen LogP contribution in [0.4, 0.5) is 0 Å². The fourth-order valence-electron chi connectivity index (χ4n) is 2.34. The van der Waals surface area contributed by atoms with E-state index >= 15 is 0 Å².